The van der Waals surface area contributed by atoms with Crippen molar-refractivity contribution < 1.29 is 14.0 Å². The smallest absolute Gasteiger partial charge is 0.292 e. The molecule has 2 aromatic heterocycles. The molecule has 0 saturated heterocycles. The third-order valence-electron chi connectivity index (χ3n) is 4.37. The molecule has 0 bridgehead atoms. The average Bonchev–Trinajstić information content (AvgIpc) is 3.27. The third-order valence-corrected chi connectivity index (χ3v) is 4.37. The van der Waals surface area contributed by atoms with Crippen molar-refractivity contribution in [2.45, 2.75) is 45.2 Å². The topological polar surface area (TPSA) is 88.3 Å². The minimum atomic E-state index is -0.783. The summed E-state index contributed by atoms with van der Waals surface area (Å²) in [5.41, 5.74) is 0.0884. The number of nitrogens with zero attached hydrogens (tertiary/aromatic N) is 3. The molecule has 1 aliphatic rings. The van der Waals surface area contributed by atoms with Gasteiger partial charge < -0.3 is 14.6 Å². The molecule has 3 rings (SSSR count). The third kappa shape index (κ3) is 4.09. The number of rotatable bonds is 6. The molecule has 1 fully saturated rings. The first-order valence-electron chi connectivity index (χ1n) is 8.77. The van der Waals surface area contributed by atoms with Crippen LogP contribution in [0.5, 0.6) is 0 Å². The predicted molar refractivity (Wildman–Crippen MR) is 95.1 cm³/mol. The Kier molecular flexibility index (Phi) is 5.06. The summed E-state index contributed by atoms with van der Waals surface area (Å²) in [5, 5.41) is 3.00. The van der Waals surface area contributed by atoms with Gasteiger partial charge in [-0.2, -0.15) is 0 Å². The Bertz CT molecular complexity index is 749. The highest BCUT2D eigenvalue weighted by Gasteiger charge is 2.40. The van der Waals surface area contributed by atoms with Crippen molar-refractivity contribution in [2.75, 3.05) is 6.54 Å². The molecule has 0 aromatic carbocycles. The molecule has 1 aliphatic carbocycles. The van der Waals surface area contributed by atoms with Crippen LogP contribution in [0.15, 0.2) is 41.5 Å². The van der Waals surface area contributed by atoms with Crippen molar-refractivity contribution >= 4 is 11.8 Å². The van der Waals surface area contributed by atoms with Crippen LogP contribution in [0.25, 0.3) is 0 Å². The van der Waals surface area contributed by atoms with E-state index in [9.17, 15) is 9.59 Å². The number of oxazole rings is 1. The molecule has 26 heavy (non-hydrogen) atoms. The molecule has 1 saturated carbocycles. The van der Waals surface area contributed by atoms with Crippen LogP contribution >= 0.6 is 0 Å². The molecule has 0 spiro atoms. The van der Waals surface area contributed by atoms with Gasteiger partial charge in [0.15, 0.2) is 6.39 Å². The quantitative estimate of drug-likeness (QED) is 0.859. The Morgan fingerprint density at radius 3 is 2.50 bits per heavy atom. The average molecular weight is 356 g/mol. The summed E-state index contributed by atoms with van der Waals surface area (Å²) in [7, 11) is 0. The van der Waals surface area contributed by atoms with Crippen LogP contribution in [0.4, 0.5) is 0 Å². The highest BCUT2D eigenvalue weighted by atomic mass is 16.3. The molecule has 1 unspecified atom stereocenters. The lowest BCUT2D eigenvalue weighted by molar-refractivity contribution is -0.127. The minimum absolute atomic E-state index is 0.106. The molecule has 7 nitrogen and oxygen atoms in total. The summed E-state index contributed by atoms with van der Waals surface area (Å²) >= 11 is 0. The second-order valence-corrected chi connectivity index (χ2v) is 7.58. The lowest BCUT2D eigenvalue weighted by Crippen LogP contribution is -2.52. The molecule has 2 heterocycles. The summed E-state index contributed by atoms with van der Waals surface area (Å²) in [5.74, 6) is 0.0725. The van der Waals surface area contributed by atoms with Crippen molar-refractivity contribution in [3.05, 3.63) is 48.4 Å². The number of aromatic nitrogens is 2. The van der Waals surface area contributed by atoms with E-state index in [0.717, 1.165) is 12.8 Å². The number of nitrogens with one attached hydrogen (secondary N) is 1. The summed E-state index contributed by atoms with van der Waals surface area (Å²) in [4.78, 5) is 35.6. The highest BCUT2D eigenvalue weighted by molar-refractivity contribution is 5.96. The zero-order valence-corrected chi connectivity index (χ0v) is 15.3. The lowest BCUT2D eigenvalue weighted by atomic mass is 9.97. The number of carbonyl (C=O) groups is 2. The fraction of sp³-hybridized carbons (Fsp3) is 0.474. The molecular weight excluding hydrogens is 332 g/mol. The first-order chi connectivity index (χ1) is 12.4. The molecule has 2 amide bonds. The van der Waals surface area contributed by atoms with Gasteiger partial charge >= 0.3 is 0 Å². The van der Waals surface area contributed by atoms with E-state index in [4.69, 9.17) is 4.42 Å². The Balaban J connectivity index is 1.97. The molecular formula is C19H24N4O3. The van der Waals surface area contributed by atoms with E-state index >= 15 is 0 Å². The standard InChI is InChI=1S/C19H24N4O3/c1-19(2,3)23(18(25)15-11-21-12-26-15)16(14-6-8-20-9-7-14)17(24)22-10-13-4-5-13/h6-9,11-13,16H,4-5,10H2,1-3H3,(H,22,24). The largest absolute Gasteiger partial charge is 0.438 e. The van der Waals surface area contributed by atoms with Crippen molar-refractivity contribution in [3.8, 4) is 0 Å². The fourth-order valence-corrected chi connectivity index (χ4v) is 2.88. The molecule has 7 heteroatoms. The number of hydrogen-bond donors (Lipinski definition) is 1. The Labute approximate surface area is 152 Å². The van der Waals surface area contributed by atoms with Crippen LogP contribution in [-0.4, -0.2) is 38.8 Å². The van der Waals surface area contributed by atoms with Gasteiger partial charge in [0, 0.05) is 24.5 Å². The Morgan fingerprint density at radius 2 is 1.96 bits per heavy atom. The summed E-state index contributed by atoms with van der Waals surface area (Å²) in [6.45, 7) is 6.31. The maximum absolute atomic E-state index is 13.1. The van der Waals surface area contributed by atoms with Gasteiger partial charge in [0.25, 0.3) is 5.91 Å². The number of hydrogen-bond acceptors (Lipinski definition) is 5. The normalized spacial score (nSPS) is 15.3. The molecule has 138 valence electrons. The highest BCUT2D eigenvalue weighted by Crippen LogP contribution is 2.32. The van der Waals surface area contributed by atoms with Gasteiger partial charge in [-0.3, -0.25) is 14.6 Å². The summed E-state index contributed by atoms with van der Waals surface area (Å²) in [6.07, 6.45) is 8.10. The van der Waals surface area contributed by atoms with E-state index in [1.165, 1.54) is 12.6 Å². The molecule has 2 aromatic rings. The van der Waals surface area contributed by atoms with Crippen molar-refractivity contribution in [1.29, 1.82) is 0 Å². The second-order valence-electron chi connectivity index (χ2n) is 7.58. The monoisotopic (exact) mass is 356 g/mol. The maximum atomic E-state index is 13.1. The predicted octanol–water partition coefficient (Wildman–Crippen LogP) is 2.58. The zero-order chi connectivity index (χ0) is 18.7. The molecule has 0 radical (unpaired) electrons. The van der Waals surface area contributed by atoms with E-state index in [-0.39, 0.29) is 17.6 Å². The first kappa shape index (κ1) is 18.1. The number of amides is 2. The van der Waals surface area contributed by atoms with Gasteiger partial charge in [-0.05, 0) is 57.2 Å². The first-order valence-corrected chi connectivity index (χ1v) is 8.77. The maximum Gasteiger partial charge on any atom is 0.292 e. The summed E-state index contributed by atoms with van der Waals surface area (Å²) in [6, 6.07) is 2.73. The van der Waals surface area contributed by atoms with Crippen molar-refractivity contribution in [1.82, 2.24) is 20.2 Å². The van der Waals surface area contributed by atoms with Gasteiger partial charge in [-0.1, -0.05) is 0 Å². The van der Waals surface area contributed by atoms with Gasteiger partial charge in [-0.25, -0.2) is 4.98 Å². The van der Waals surface area contributed by atoms with Crippen LogP contribution < -0.4 is 5.32 Å². The van der Waals surface area contributed by atoms with Crippen molar-refractivity contribution in [2.24, 2.45) is 5.92 Å². The lowest BCUT2D eigenvalue weighted by Gasteiger charge is -2.40. The molecule has 0 aliphatic heterocycles. The summed E-state index contributed by atoms with van der Waals surface area (Å²) < 4.78 is 5.20. The second kappa shape index (κ2) is 7.27. The minimum Gasteiger partial charge on any atom is -0.438 e. The number of pyridine rings is 1. The Morgan fingerprint density at radius 1 is 1.27 bits per heavy atom. The van der Waals surface area contributed by atoms with Crippen molar-refractivity contribution in [3.63, 3.8) is 0 Å². The van der Waals surface area contributed by atoms with Gasteiger partial charge in [-0.15, -0.1) is 0 Å². The van der Waals surface area contributed by atoms with Gasteiger partial charge in [0.2, 0.25) is 11.7 Å². The zero-order valence-electron chi connectivity index (χ0n) is 15.3. The van der Waals surface area contributed by atoms with E-state index in [1.54, 1.807) is 29.4 Å². The van der Waals surface area contributed by atoms with E-state index in [0.29, 0.717) is 18.0 Å². The van der Waals surface area contributed by atoms with Crippen LogP contribution in [0.3, 0.4) is 0 Å². The van der Waals surface area contributed by atoms with Crippen LogP contribution in [0, 0.1) is 5.92 Å². The van der Waals surface area contributed by atoms with E-state index in [1.807, 2.05) is 20.8 Å². The van der Waals surface area contributed by atoms with Crippen LogP contribution in [-0.2, 0) is 4.79 Å². The van der Waals surface area contributed by atoms with Crippen LogP contribution in [0.2, 0.25) is 0 Å². The molecule has 1 N–H and O–H groups in total. The molecule has 1 atom stereocenters. The van der Waals surface area contributed by atoms with Gasteiger partial charge in [0.05, 0.1) is 6.20 Å². The van der Waals surface area contributed by atoms with E-state index < -0.39 is 11.6 Å². The van der Waals surface area contributed by atoms with Gasteiger partial charge in [0.1, 0.15) is 6.04 Å². The van der Waals surface area contributed by atoms with E-state index in [2.05, 4.69) is 15.3 Å². The Hall–Kier alpha value is -2.70. The fourth-order valence-electron chi connectivity index (χ4n) is 2.88. The SMILES string of the molecule is CC(C)(C)N(C(=O)c1cnco1)C(C(=O)NCC1CC1)c1ccncc1. The number of carbonyl (C=O) groups excluding carboxylic acids is 2. The van der Waals surface area contributed by atoms with Crippen LogP contribution in [0.1, 0.15) is 55.8 Å².